The monoisotopic (exact) mass is 430 g/mol. The van der Waals surface area contributed by atoms with Crippen LogP contribution in [0, 0.1) is 11.7 Å². The number of halogens is 1. The number of furan rings is 1. The first-order valence-electron chi connectivity index (χ1n) is 10.1. The summed E-state index contributed by atoms with van der Waals surface area (Å²) < 4.78 is 23.0. The van der Waals surface area contributed by atoms with Gasteiger partial charge in [0.25, 0.3) is 0 Å². The van der Waals surface area contributed by atoms with Gasteiger partial charge in [-0.05, 0) is 42.2 Å². The summed E-state index contributed by atoms with van der Waals surface area (Å²) in [5, 5.41) is 3.70. The maximum atomic E-state index is 13.1. The molecule has 0 bridgehead atoms. The molecule has 3 rings (SSSR count). The van der Waals surface area contributed by atoms with Crippen molar-refractivity contribution in [3.05, 3.63) is 65.6 Å². The topological polar surface area (TPSA) is 71.3 Å². The van der Waals surface area contributed by atoms with Crippen LogP contribution in [0.3, 0.4) is 0 Å². The molecular formula is C22H27FN4O2S. The third-order valence-corrected chi connectivity index (χ3v) is 5.40. The molecule has 1 aromatic carbocycles. The molecule has 2 heterocycles. The number of carbonyl (C=O) groups is 1. The molecule has 1 N–H and O–H groups in total. The van der Waals surface area contributed by atoms with Gasteiger partial charge >= 0.3 is 0 Å². The molecule has 30 heavy (non-hydrogen) atoms. The number of carbonyl (C=O) groups excluding carboxylic acids is 1. The molecule has 6 nitrogen and oxygen atoms in total. The van der Waals surface area contributed by atoms with Gasteiger partial charge in [0.05, 0.1) is 12.8 Å². The van der Waals surface area contributed by atoms with Crippen LogP contribution in [0.15, 0.2) is 47.1 Å². The molecule has 0 spiro atoms. The number of amides is 1. The van der Waals surface area contributed by atoms with E-state index in [9.17, 15) is 9.18 Å². The predicted molar refractivity (Wildman–Crippen MR) is 116 cm³/mol. The lowest BCUT2D eigenvalue weighted by molar-refractivity contribution is -0.120. The molecule has 2 aromatic heterocycles. The van der Waals surface area contributed by atoms with Crippen molar-refractivity contribution in [2.75, 3.05) is 18.0 Å². The van der Waals surface area contributed by atoms with Crippen LogP contribution in [0.1, 0.15) is 43.8 Å². The molecule has 0 saturated heterocycles. The van der Waals surface area contributed by atoms with Crippen LogP contribution in [0.5, 0.6) is 0 Å². The Morgan fingerprint density at radius 1 is 1.27 bits per heavy atom. The molecule has 1 amide bonds. The maximum Gasteiger partial charge on any atom is 0.221 e. The standard InChI is InChI=1S/C22H27FN4O2S/c1-16(2)9-11-24-21(28)10-12-27(15-19-4-3-13-29-19)22-25-20(26-30-22)14-17-5-7-18(23)8-6-17/h3-8,13,16H,9-12,14-15H2,1-2H3,(H,24,28). The van der Waals surface area contributed by atoms with E-state index >= 15 is 0 Å². The Morgan fingerprint density at radius 3 is 2.77 bits per heavy atom. The molecule has 0 aliphatic heterocycles. The van der Waals surface area contributed by atoms with Crippen LogP contribution in [0.2, 0.25) is 0 Å². The Morgan fingerprint density at radius 2 is 2.07 bits per heavy atom. The molecule has 0 unspecified atom stereocenters. The van der Waals surface area contributed by atoms with Gasteiger partial charge in [-0.15, -0.1) is 0 Å². The first-order chi connectivity index (χ1) is 14.5. The summed E-state index contributed by atoms with van der Waals surface area (Å²) >= 11 is 1.29. The van der Waals surface area contributed by atoms with E-state index in [2.05, 4.69) is 28.5 Å². The minimum atomic E-state index is -0.262. The Balaban J connectivity index is 1.62. The second-order valence-corrected chi connectivity index (χ2v) is 8.31. The highest BCUT2D eigenvalue weighted by Gasteiger charge is 2.16. The zero-order chi connectivity index (χ0) is 21.3. The van der Waals surface area contributed by atoms with E-state index in [-0.39, 0.29) is 11.7 Å². The summed E-state index contributed by atoms with van der Waals surface area (Å²) in [5.74, 6) is 1.79. The molecule has 0 radical (unpaired) electrons. The fourth-order valence-electron chi connectivity index (χ4n) is 2.89. The lowest BCUT2D eigenvalue weighted by Crippen LogP contribution is -2.31. The number of benzene rings is 1. The predicted octanol–water partition coefficient (Wildman–Crippen LogP) is 4.42. The summed E-state index contributed by atoms with van der Waals surface area (Å²) in [4.78, 5) is 18.9. The summed E-state index contributed by atoms with van der Waals surface area (Å²) in [7, 11) is 0. The summed E-state index contributed by atoms with van der Waals surface area (Å²) in [5.41, 5.74) is 0.947. The summed E-state index contributed by atoms with van der Waals surface area (Å²) in [6.07, 6.45) is 3.49. The number of nitrogens with zero attached hydrogens (tertiary/aromatic N) is 3. The second-order valence-electron chi connectivity index (χ2n) is 7.58. The lowest BCUT2D eigenvalue weighted by Gasteiger charge is -2.20. The van der Waals surface area contributed by atoms with E-state index in [0.29, 0.717) is 44.2 Å². The number of hydrogen-bond acceptors (Lipinski definition) is 6. The summed E-state index contributed by atoms with van der Waals surface area (Å²) in [6.45, 7) is 5.98. The van der Waals surface area contributed by atoms with Crippen molar-refractivity contribution < 1.29 is 13.6 Å². The van der Waals surface area contributed by atoms with Gasteiger partial charge in [-0.25, -0.2) is 9.37 Å². The van der Waals surface area contributed by atoms with Gasteiger partial charge in [0, 0.05) is 37.5 Å². The number of nitrogens with one attached hydrogen (secondary N) is 1. The first kappa shape index (κ1) is 22.0. The van der Waals surface area contributed by atoms with Crippen LogP contribution in [-0.2, 0) is 17.8 Å². The molecule has 160 valence electrons. The normalized spacial score (nSPS) is 11.1. The Hall–Kier alpha value is -2.74. The van der Waals surface area contributed by atoms with E-state index in [1.807, 2.05) is 17.0 Å². The van der Waals surface area contributed by atoms with E-state index in [4.69, 9.17) is 4.42 Å². The van der Waals surface area contributed by atoms with Crippen LogP contribution >= 0.6 is 11.5 Å². The van der Waals surface area contributed by atoms with Gasteiger partial charge in [0.15, 0.2) is 0 Å². The van der Waals surface area contributed by atoms with E-state index in [1.54, 1.807) is 18.4 Å². The fraction of sp³-hybridized carbons (Fsp3) is 0.409. The van der Waals surface area contributed by atoms with Crippen molar-refractivity contribution in [2.45, 2.75) is 39.7 Å². The highest BCUT2D eigenvalue weighted by molar-refractivity contribution is 7.09. The fourth-order valence-corrected chi connectivity index (χ4v) is 3.60. The van der Waals surface area contributed by atoms with Crippen molar-refractivity contribution in [2.24, 2.45) is 5.92 Å². The van der Waals surface area contributed by atoms with E-state index in [1.165, 1.54) is 23.7 Å². The number of aromatic nitrogens is 2. The van der Waals surface area contributed by atoms with Crippen molar-refractivity contribution in [1.82, 2.24) is 14.7 Å². The SMILES string of the molecule is CC(C)CCNC(=O)CCN(Cc1ccco1)c1nc(Cc2ccc(F)cc2)ns1. The molecule has 0 saturated carbocycles. The van der Waals surface area contributed by atoms with Crippen molar-refractivity contribution >= 4 is 22.6 Å². The lowest BCUT2D eigenvalue weighted by atomic mass is 10.1. The van der Waals surface area contributed by atoms with Crippen LogP contribution in [0.25, 0.3) is 0 Å². The number of hydrogen-bond donors (Lipinski definition) is 1. The average Bonchev–Trinajstić information content (AvgIpc) is 3.39. The number of rotatable bonds is 11. The van der Waals surface area contributed by atoms with Crippen LogP contribution in [0.4, 0.5) is 9.52 Å². The molecular weight excluding hydrogens is 403 g/mol. The van der Waals surface area contributed by atoms with E-state index in [0.717, 1.165) is 22.9 Å². The van der Waals surface area contributed by atoms with Gasteiger partial charge in [-0.3, -0.25) is 4.79 Å². The van der Waals surface area contributed by atoms with Crippen molar-refractivity contribution in [1.29, 1.82) is 0 Å². The second kappa shape index (κ2) is 10.9. The van der Waals surface area contributed by atoms with Crippen molar-refractivity contribution in [3.8, 4) is 0 Å². The molecule has 0 fully saturated rings. The third-order valence-electron chi connectivity index (χ3n) is 4.58. The van der Waals surface area contributed by atoms with Crippen molar-refractivity contribution in [3.63, 3.8) is 0 Å². The molecule has 3 aromatic rings. The van der Waals surface area contributed by atoms with Gasteiger partial charge < -0.3 is 14.6 Å². The third kappa shape index (κ3) is 6.95. The number of anilines is 1. The van der Waals surface area contributed by atoms with Crippen LogP contribution < -0.4 is 10.2 Å². The Bertz CT molecular complexity index is 910. The Kier molecular flexibility index (Phi) is 7.96. The maximum absolute atomic E-state index is 13.1. The Labute approximate surface area is 180 Å². The zero-order valence-electron chi connectivity index (χ0n) is 17.3. The highest BCUT2D eigenvalue weighted by Crippen LogP contribution is 2.22. The van der Waals surface area contributed by atoms with Crippen LogP contribution in [-0.4, -0.2) is 28.4 Å². The quantitative estimate of drug-likeness (QED) is 0.488. The van der Waals surface area contributed by atoms with Gasteiger partial charge in [-0.2, -0.15) is 4.37 Å². The molecule has 0 aliphatic rings. The largest absolute Gasteiger partial charge is 0.467 e. The zero-order valence-corrected chi connectivity index (χ0v) is 18.1. The molecule has 0 atom stereocenters. The highest BCUT2D eigenvalue weighted by atomic mass is 32.1. The molecule has 8 heteroatoms. The summed E-state index contributed by atoms with van der Waals surface area (Å²) in [6, 6.07) is 10.1. The van der Waals surface area contributed by atoms with Gasteiger partial charge in [0.2, 0.25) is 11.0 Å². The average molecular weight is 431 g/mol. The minimum Gasteiger partial charge on any atom is -0.467 e. The minimum absolute atomic E-state index is 0.0242. The first-order valence-corrected chi connectivity index (χ1v) is 10.9. The van der Waals surface area contributed by atoms with Gasteiger partial charge in [-0.1, -0.05) is 26.0 Å². The van der Waals surface area contributed by atoms with Gasteiger partial charge in [0.1, 0.15) is 17.4 Å². The van der Waals surface area contributed by atoms with E-state index < -0.39 is 0 Å². The smallest absolute Gasteiger partial charge is 0.221 e. The molecule has 0 aliphatic carbocycles.